The van der Waals surface area contributed by atoms with Crippen molar-refractivity contribution in [3.8, 4) is 5.75 Å². The fraction of sp³-hybridized carbons (Fsp3) is 0.0667. The lowest BCUT2D eigenvalue weighted by Crippen LogP contribution is -2.39. The van der Waals surface area contributed by atoms with Gasteiger partial charge in [-0.05, 0) is 76.1 Å². The number of carbonyl (C=O) groups excluding carboxylic acids is 1. The van der Waals surface area contributed by atoms with Gasteiger partial charge in [-0.15, -0.1) is 0 Å². The van der Waals surface area contributed by atoms with Crippen LogP contribution in [0.1, 0.15) is 5.56 Å². The number of rotatable bonds is 8. The zero-order chi connectivity index (χ0) is 27.4. The van der Waals surface area contributed by atoms with Crippen LogP contribution in [0.3, 0.4) is 0 Å². The molecule has 0 aliphatic rings. The van der Waals surface area contributed by atoms with E-state index in [0.717, 1.165) is 31.4 Å². The molecular weight excluding hydrogens is 534 g/mol. The third-order valence-corrected chi connectivity index (χ3v) is 8.29. The van der Waals surface area contributed by atoms with Crippen LogP contribution in [-0.2, 0) is 14.8 Å². The van der Waals surface area contributed by atoms with E-state index in [1.165, 1.54) is 19.2 Å². The molecule has 5 aromatic carbocycles. The van der Waals surface area contributed by atoms with Gasteiger partial charge in [-0.1, -0.05) is 60.1 Å². The maximum Gasteiger partial charge on any atom is 0.264 e. The lowest BCUT2D eigenvalue weighted by Gasteiger charge is -2.23. The minimum atomic E-state index is -4.10. The first-order valence-corrected chi connectivity index (χ1v) is 13.8. The maximum atomic E-state index is 13.6. The summed E-state index contributed by atoms with van der Waals surface area (Å²) >= 11 is 6.02. The molecule has 0 heterocycles. The fourth-order valence-electron chi connectivity index (χ4n) is 4.32. The number of hydrazone groups is 1. The van der Waals surface area contributed by atoms with Gasteiger partial charge in [-0.2, -0.15) is 5.10 Å². The first-order chi connectivity index (χ1) is 18.9. The summed E-state index contributed by atoms with van der Waals surface area (Å²) in [5.41, 5.74) is 3.63. The molecule has 0 saturated heterocycles. The number of sulfonamides is 1. The fourth-order valence-corrected chi connectivity index (χ4v) is 5.87. The number of benzene rings is 5. The van der Waals surface area contributed by atoms with Crippen molar-refractivity contribution in [2.24, 2.45) is 5.10 Å². The third-order valence-electron chi connectivity index (χ3n) is 6.25. The van der Waals surface area contributed by atoms with E-state index >= 15 is 0 Å². The number of amides is 1. The van der Waals surface area contributed by atoms with E-state index in [1.807, 2.05) is 48.5 Å². The van der Waals surface area contributed by atoms with Gasteiger partial charge in [-0.25, -0.2) is 13.8 Å². The molecule has 0 aromatic heterocycles. The number of nitrogens with one attached hydrogen (secondary N) is 1. The lowest BCUT2D eigenvalue weighted by atomic mass is 9.97. The highest BCUT2D eigenvalue weighted by Crippen LogP contribution is 2.28. The molecule has 7 nitrogen and oxygen atoms in total. The lowest BCUT2D eigenvalue weighted by molar-refractivity contribution is -0.119. The molecule has 5 rings (SSSR count). The molecule has 39 heavy (non-hydrogen) atoms. The third kappa shape index (κ3) is 5.57. The van der Waals surface area contributed by atoms with E-state index in [1.54, 1.807) is 42.6 Å². The van der Waals surface area contributed by atoms with Gasteiger partial charge in [0.25, 0.3) is 15.9 Å². The SMILES string of the molecule is COc1ccc(S(=O)(=O)N(CC(=O)N/N=C\c2c3ccccc3cc3ccccc23)c2ccc(Cl)cc2)cc1. The van der Waals surface area contributed by atoms with Crippen molar-refractivity contribution in [3.05, 3.63) is 114 Å². The molecule has 0 spiro atoms. The zero-order valence-electron chi connectivity index (χ0n) is 20.9. The van der Waals surface area contributed by atoms with Crippen molar-refractivity contribution in [3.63, 3.8) is 0 Å². The smallest absolute Gasteiger partial charge is 0.264 e. The molecular formula is C30H24ClN3O4S. The summed E-state index contributed by atoms with van der Waals surface area (Å²) in [6.45, 7) is -0.496. The second kappa shape index (κ2) is 11.1. The van der Waals surface area contributed by atoms with Crippen LogP contribution in [0.25, 0.3) is 21.5 Å². The summed E-state index contributed by atoms with van der Waals surface area (Å²) in [7, 11) is -2.60. The van der Waals surface area contributed by atoms with Crippen molar-refractivity contribution < 1.29 is 17.9 Å². The molecule has 9 heteroatoms. The van der Waals surface area contributed by atoms with Crippen LogP contribution in [-0.4, -0.2) is 34.2 Å². The zero-order valence-corrected chi connectivity index (χ0v) is 22.5. The van der Waals surface area contributed by atoms with Crippen LogP contribution < -0.4 is 14.5 Å². The van der Waals surface area contributed by atoms with E-state index in [2.05, 4.69) is 16.6 Å². The number of carbonyl (C=O) groups is 1. The molecule has 0 bridgehead atoms. The van der Waals surface area contributed by atoms with Crippen molar-refractivity contribution >= 4 is 61.0 Å². The number of methoxy groups -OCH3 is 1. The van der Waals surface area contributed by atoms with Crippen molar-refractivity contribution in [1.82, 2.24) is 5.43 Å². The van der Waals surface area contributed by atoms with Crippen molar-refractivity contribution in [2.45, 2.75) is 4.90 Å². The highest BCUT2D eigenvalue weighted by atomic mass is 35.5. The van der Waals surface area contributed by atoms with Crippen molar-refractivity contribution in [1.29, 1.82) is 0 Å². The van der Waals surface area contributed by atoms with Gasteiger partial charge in [0, 0.05) is 10.6 Å². The average Bonchev–Trinajstić information content (AvgIpc) is 2.96. The van der Waals surface area contributed by atoms with Crippen LogP contribution in [0.5, 0.6) is 5.75 Å². The van der Waals surface area contributed by atoms with Gasteiger partial charge in [0.05, 0.1) is 23.9 Å². The summed E-state index contributed by atoms with van der Waals surface area (Å²) in [5, 5.41) is 8.70. The standard InChI is InChI=1S/C30H24ClN3O4S/c1-38-25-14-16-26(17-15-25)39(36,37)34(24-12-10-23(31)11-13-24)20-30(35)33-32-19-29-27-8-4-2-6-21(27)18-22-7-3-5-9-28(22)29/h2-19H,20H2,1H3,(H,33,35)/b32-19-. The number of nitrogens with zero attached hydrogens (tertiary/aromatic N) is 2. The summed E-state index contributed by atoms with van der Waals surface area (Å²) < 4.78 is 33.3. The summed E-state index contributed by atoms with van der Waals surface area (Å²) in [5.74, 6) is -0.0946. The van der Waals surface area contributed by atoms with E-state index in [0.29, 0.717) is 10.8 Å². The summed E-state index contributed by atoms with van der Waals surface area (Å²) in [6, 6.07) is 30.1. The molecule has 0 aliphatic heterocycles. The van der Waals surface area contributed by atoms with E-state index in [9.17, 15) is 13.2 Å². The quantitative estimate of drug-likeness (QED) is 0.144. The summed E-state index contributed by atoms with van der Waals surface area (Å²) in [6.07, 6.45) is 1.59. The molecule has 0 unspecified atom stereocenters. The molecule has 0 atom stereocenters. The molecule has 0 radical (unpaired) electrons. The van der Waals surface area contributed by atoms with Gasteiger partial charge in [0.1, 0.15) is 12.3 Å². The predicted octanol–water partition coefficient (Wildman–Crippen LogP) is 6.00. The Morgan fingerprint density at radius 1 is 0.897 bits per heavy atom. The monoisotopic (exact) mass is 557 g/mol. The van der Waals surface area contributed by atoms with Gasteiger partial charge < -0.3 is 4.74 Å². The Bertz CT molecular complexity index is 1730. The van der Waals surface area contributed by atoms with Gasteiger partial charge in [0.2, 0.25) is 0 Å². The molecule has 0 saturated carbocycles. The Morgan fingerprint density at radius 2 is 1.49 bits per heavy atom. The highest BCUT2D eigenvalue weighted by molar-refractivity contribution is 7.92. The molecule has 5 aromatic rings. The van der Waals surface area contributed by atoms with Crippen LogP contribution in [0.15, 0.2) is 113 Å². The Labute approximate surface area is 231 Å². The van der Waals surface area contributed by atoms with Crippen LogP contribution >= 0.6 is 11.6 Å². The van der Waals surface area contributed by atoms with Gasteiger partial charge in [0.15, 0.2) is 0 Å². The number of halogens is 1. The Balaban J connectivity index is 1.43. The number of hydrogen-bond donors (Lipinski definition) is 1. The Kier molecular flexibility index (Phi) is 7.49. The second-order valence-electron chi connectivity index (χ2n) is 8.69. The van der Waals surface area contributed by atoms with Crippen LogP contribution in [0, 0.1) is 0 Å². The van der Waals surface area contributed by atoms with E-state index in [4.69, 9.17) is 16.3 Å². The van der Waals surface area contributed by atoms with Gasteiger partial charge in [-0.3, -0.25) is 9.10 Å². The first-order valence-electron chi connectivity index (χ1n) is 12.0. The second-order valence-corrected chi connectivity index (χ2v) is 11.0. The molecule has 0 fully saturated rings. The predicted molar refractivity (Wildman–Crippen MR) is 156 cm³/mol. The maximum absolute atomic E-state index is 13.6. The largest absolute Gasteiger partial charge is 0.497 e. The number of ether oxygens (including phenoxy) is 1. The molecule has 0 aliphatic carbocycles. The summed E-state index contributed by atoms with van der Waals surface area (Å²) in [4.78, 5) is 13.0. The Hall–Kier alpha value is -4.40. The number of hydrogen-bond acceptors (Lipinski definition) is 5. The normalized spacial score (nSPS) is 11.6. The average molecular weight is 558 g/mol. The topological polar surface area (TPSA) is 88.1 Å². The van der Waals surface area contributed by atoms with Gasteiger partial charge >= 0.3 is 0 Å². The molecule has 1 amide bonds. The molecule has 196 valence electrons. The van der Waals surface area contributed by atoms with E-state index < -0.39 is 22.5 Å². The highest BCUT2D eigenvalue weighted by Gasteiger charge is 2.27. The van der Waals surface area contributed by atoms with Crippen LogP contribution in [0.2, 0.25) is 5.02 Å². The first kappa shape index (κ1) is 26.2. The Morgan fingerprint density at radius 3 is 2.08 bits per heavy atom. The number of fused-ring (bicyclic) bond motifs is 2. The van der Waals surface area contributed by atoms with Crippen LogP contribution in [0.4, 0.5) is 5.69 Å². The molecule has 1 N–H and O–H groups in total. The minimum Gasteiger partial charge on any atom is -0.497 e. The van der Waals surface area contributed by atoms with E-state index in [-0.39, 0.29) is 10.6 Å². The number of anilines is 1. The van der Waals surface area contributed by atoms with Crippen molar-refractivity contribution in [2.75, 3.05) is 18.0 Å². The minimum absolute atomic E-state index is 0.0109.